The lowest BCUT2D eigenvalue weighted by Crippen LogP contribution is -2.17. The lowest BCUT2D eigenvalue weighted by Gasteiger charge is -2.10. The largest absolute Gasteiger partial charge is 0.494 e. The molecule has 0 fully saturated rings. The average molecular weight is 292 g/mol. The van der Waals surface area contributed by atoms with E-state index in [0.29, 0.717) is 17.9 Å². The molecule has 0 aliphatic heterocycles. The van der Waals surface area contributed by atoms with Crippen molar-refractivity contribution in [2.45, 2.75) is 33.2 Å². The number of aromatic nitrogens is 3. The number of ether oxygens (including phenoxy) is 1. The minimum Gasteiger partial charge on any atom is -0.494 e. The van der Waals surface area contributed by atoms with Crippen LogP contribution in [0.25, 0.3) is 0 Å². The number of aromatic amines is 1. The molecule has 0 saturated heterocycles. The molecule has 0 atom stereocenters. The summed E-state index contributed by atoms with van der Waals surface area (Å²) in [4.78, 5) is 0. The predicted molar refractivity (Wildman–Crippen MR) is 82.1 cm³/mol. The van der Waals surface area contributed by atoms with Gasteiger partial charge in [-0.25, -0.2) is 4.68 Å². The number of hydrogen-bond donors (Lipinski definition) is 2. The second-order valence-corrected chi connectivity index (χ2v) is 4.83. The zero-order valence-corrected chi connectivity index (χ0v) is 12.7. The van der Waals surface area contributed by atoms with E-state index in [-0.39, 0.29) is 0 Å². The van der Waals surface area contributed by atoms with E-state index in [4.69, 9.17) is 17.0 Å². The summed E-state index contributed by atoms with van der Waals surface area (Å²) in [5.41, 5.74) is 4.46. The molecule has 2 N–H and O–H groups in total. The van der Waals surface area contributed by atoms with E-state index >= 15 is 0 Å². The van der Waals surface area contributed by atoms with Crippen molar-refractivity contribution in [1.82, 2.24) is 14.9 Å². The molecule has 1 heterocycles. The molecular formula is C14H20N4OS. The van der Waals surface area contributed by atoms with Crippen LogP contribution in [-0.4, -0.2) is 21.5 Å². The van der Waals surface area contributed by atoms with Crippen LogP contribution in [-0.2, 0) is 13.0 Å². The van der Waals surface area contributed by atoms with Crippen molar-refractivity contribution >= 4 is 12.2 Å². The maximum atomic E-state index is 5.42. The molecule has 5 nitrogen and oxygen atoms in total. The highest BCUT2D eigenvalue weighted by atomic mass is 32.1. The van der Waals surface area contributed by atoms with E-state index < -0.39 is 0 Å². The van der Waals surface area contributed by atoms with Crippen molar-refractivity contribution in [3.63, 3.8) is 0 Å². The Morgan fingerprint density at radius 2 is 2.05 bits per heavy atom. The Hall–Kier alpha value is -1.82. The number of hydrogen-bond acceptors (Lipinski definition) is 4. The van der Waals surface area contributed by atoms with Crippen LogP contribution in [0.5, 0.6) is 5.75 Å². The molecule has 0 saturated carbocycles. The summed E-state index contributed by atoms with van der Waals surface area (Å²) in [6.45, 7) is 5.47. The summed E-state index contributed by atoms with van der Waals surface area (Å²) in [6.07, 6.45) is 1.92. The van der Waals surface area contributed by atoms with Gasteiger partial charge in [0.25, 0.3) is 0 Å². The lowest BCUT2D eigenvalue weighted by atomic mass is 10.2. The Morgan fingerprint density at radius 3 is 2.70 bits per heavy atom. The fourth-order valence-electron chi connectivity index (χ4n) is 1.92. The van der Waals surface area contributed by atoms with E-state index in [0.717, 1.165) is 24.4 Å². The molecule has 1 aromatic carbocycles. The Morgan fingerprint density at radius 1 is 1.30 bits per heavy atom. The minimum atomic E-state index is 0.597. The number of aryl methyl sites for hydroxylation is 1. The maximum Gasteiger partial charge on any atom is 0.214 e. The Labute approximate surface area is 123 Å². The van der Waals surface area contributed by atoms with E-state index in [9.17, 15) is 0 Å². The van der Waals surface area contributed by atoms with Crippen LogP contribution in [0.15, 0.2) is 24.3 Å². The monoisotopic (exact) mass is 292 g/mol. The first-order chi connectivity index (χ1) is 9.74. The first-order valence-electron chi connectivity index (χ1n) is 6.86. The topological polar surface area (TPSA) is 54.9 Å². The summed E-state index contributed by atoms with van der Waals surface area (Å²) in [5.74, 6) is 1.83. The van der Waals surface area contributed by atoms with E-state index in [1.54, 1.807) is 0 Å². The highest BCUT2D eigenvalue weighted by molar-refractivity contribution is 7.71. The van der Waals surface area contributed by atoms with Gasteiger partial charge in [-0.2, -0.15) is 5.10 Å². The number of nitrogens with zero attached hydrogens (tertiary/aromatic N) is 2. The molecule has 6 heteroatoms. The quantitative estimate of drug-likeness (QED) is 0.770. The highest BCUT2D eigenvalue weighted by Crippen LogP contribution is 2.12. The van der Waals surface area contributed by atoms with Crippen LogP contribution >= 0.6 is 12.2 Å². The second kappa shape index (κ2) is 7.09. The Balaban J connectivity index is 2.01. The van der Waals surface area contributed by atoms with Gasteiger partial charge in [0.15, 0.2) is 5.82 Å². The van der Waals surface area contributed by atoms with Gasteiger partial charge in [-0.3, -0.25) is 5.10 Å². The van der Waals surface area contributed by atoms with Crippen LogP contribution in [0, 0.1) is 4.77 Å². The fraction of sp³-hybridized carbons (Fsp3) is 0.429. The third-order valence-electron chi connectivity index (χ3n) is 2.89. The molecule has 2 rings (SSSR count). The third-order valence-corrected chi connectivity index (χ3v) is 3.16. The van der Waals surface area contributed by atoms with Crippen molar-refractivity contribution in [3.05, 3.63) is 40.4 Å². The zero-order valence-electron chi connectivity index (χ0n) is 11.8. The van der Waals surface area contributed by atoms with Gasteiger partial charge in [0.05, 0.1) is 13.2 Å². The van der Waals surface area contributed by atoms with Crippen LogP contribution in [0.3, 0.4) is 0 Å². The predicted octanol–water partition coefficient (Wildman–Crippen LogP) is 3.04. The molecule has 0 bridgehead atoms. The molecule has 0 unspecified atom stereocenters. The molecule has 0 aliphatic carbocycles. The molecule has 2 aromatic rings. The molecular weight excluding hydrogens is 272 g/mol. The number of nitrogens with one attached hydrogen (secondary N) is 2. The van der Waals surface area contributed by atoms with Crippen molar-refractivity contribution < 1.29 is 4.74 Å². The smallest absolute Gasteiger partial charge is 0.214 e. The van der Waals surface area contributed by atoms with Crippen molar-refractivity contribution in [1.29, 1.82) is 0 Å². The van der Waals surface area contributed by atoms with Crippen LogP contribution in [0.2, 0.25) is 0 Å². The number of benzene rings is 1. The van der Waals surface area contributed by atoms with Crippen molar-refractivity contribution in [2.24, 2.45) is 0 Å². The van der Waals surface area contributed by atoms with Gasteiger partial charge < -0.3 is 10.2 Å². The van der Waals surface area contributed by atoms with Crippen molar-refractivity contribution in [2.75, 3.05) is 12.0 Å². The Kier molecular flexibility index (Phi) is 5.17. The molecule has 0 amide bonds. The lowest BCUT2D eigenvalue weighted by molar-refractivity contribution is 0.340. The van der Waals surface area contributed by atoms with Crippen molar-refractivity contribution in [3.8, 4) is 5.75 Å². The van der Waals surface area contributed by atoms with Gasteiger partial charge in [-0.15, -0.1) is 0 Å². The van der Waals surface area contributed by atoms with Gasteiger partial charge in [0, 0.05) is 6.42 Å². The normalized spacial score (nSPS) is 10.5. The minimum absolute atomic E-state index is 0.597. The SMILES string of the molecule is CCCc1n[nH]c(=S)n1NCc1ccc(OCC)cc1. The number of H-pyrrole nitrogens is 1. The molecule has 20 heavy (non-hydrogen) atoms. The van der Waals surface area contributed by atoms with Gasteiger partial charge in [0.2, 0.25) is 4.77 Å². The second-order valence-electron chi connectivity index (χ2n) is 4.44. The van der Waals surface area contributed by atoms with E-state index in [2.05, 4.69) is 22.5 Å². The molecule has 0 aliphatic rings. The maximum absolute atomic E-state index is 5.42. The molecule has 1 aromatic heterocycles. The fourth-order valence-corrected chi connectivity index (χ4v) is 2.14. The summed E-state index contributed by atoms with van der Waals surface area (Å²) < 4.78 is 7.86. The van der Waals surface area contributed by atoms with Gasteiger partial charge in [-0.1, -0.05) is 19.1 Å². The molecule has 0 radical (unpaired) electrons. The third kappa shape index (κ3) is 3.60. The van der Waals surface area contributed by atoms with Crippen LogP contribution in [0.4, 0.5) is 0 Å². The summed E-state index contributed by atoms with van der Waals surface area (Å²) in [6, 6.07) is 8.03. The Bertz CT molecular complexity index is 588. The van der Waals surface area contributed by atoms with Crippen LogP contribution in [0.1, 0.15) is 31.7 Å². The highest BCUT2D eigenvalue weighted by Gasteiger charge is 2.04. The number of rotatable bonds is 7. The van der Waals surface area contributed by atoms with Gasteiger partial charge in [0.1, 0.15) is 5.75 Å². The summed E-state index contributed by atoms with van der Waals surface area (Å²) in [5, 5.41) is 7.04. The van der Waals surface area contributed by atoms with E-state index in [1.165, 1.54) is 5.56 Å². The van der Waals surface area contributed by atoms with E-state index in [1.807, 2.05) is 35.9 Å². The molecule has 108 valence electrons. The van der Waals surface area contributed by atoms with Crippen LogP contribution < -0.4 is 10.2 Å². The van der Waals surface area contributed by atoms with Gasteiger partial charge in [-0.05, 0) is 43.3 Å². The first kappa shape index (κ1) is 14.6. The average Bonchev–Trinajstić information content (AvgIpc) is 2.80. The standard InChI is InChI=1S/C14H20N4OS/c1-3-5-13-16-17-14(20)18(13)15-10-11-6-8-12(9-7-11)19-4-2/h6-9,15H,3-5,10H2,1-2H3,(H,17,20). The van der Waals surface area contributed by atoms with Gasteiger partial charge >= 0.3 is 0 Å². The first-order valence-corrected chi connectivity index (χ1v) is 7.27. The molecule has 0 spiro atoms. The summed E-state index contributed by atoms with van der Waals surface area (Å²) in [7, 11) is 0. The summed E-state index contributed by atoms with van der Waals surface area (Å²) >= 11 is 5.22. The zero-order chi connectivity index (χ0) is 14.4.